The summed E-state index contributed by atoms with van der Waals surface area (Å²) < 4.78 is 13.2. The minimum atomic E-state index is -0.146. The fourth-order valence-corrected chi connectivity index (χ4v) is 3.57. The second-order valence-electron chi connectivity index (χ2n) is 6.43. The molecule has 3 rings (SSSR count). The van der Waals surface area contributed by atoms with Crippen molar-refractivity contribution >= 4 is 0 Å². The molecule has 2 unspecified atom stereocenters. The Hall–Kier alpha value is -0.970. The first-order valence-corrected chi connectivity index (χ1v) is 8.17. The van der Waals surface area contributed by atoms with Crippen molar-refractivity contribution in [1.29, 1.82) is 0 Å². The maximum absolute atomic E-state index is 13.2. The zero-order valence-electron chi connectivity index (χ0n) is 12.9. The highest BCUT2D eigenvalue weighted by Crippen LogP contribution is 2.25. The summed E-state index contributed by atoms with van der Waals surface area (Å²) in [5, 5.41) is 3.51. The maximum atomic E-state index is 13.2. The first kappa shape index (κ1) is 14.9. The van der Waals surface area contributed by atoms with Gasteiger partial charge in [-0.15, -0.1) is 0 Å². The fraction of sp³-hybridized carbons (Fsp3) is 0.647. The van der Waals surface area contributed by atoms with Crippen LogP contribution in [0, 0.1) is 5.82 Å². The van der Waals surface area contributed by atoms with Gasteiger partial charge in [0, 0.05) is 38.3 Å². The first-order valence-electron chi connectivity index (χ1n) is 8.17. The van der Waals surface area contributed by atoms with Gasteiger partial charge < -0.3 is 10.2 Å². The SMILES string of the molecule is CC1CN(C(CN2CCCC2)c2ccc(F)cc2)CCN1. The van der Waals surface area contributed by atoms with Crippen molar-refractivity contribution in [2.24, 2.45) is 0 Å². The van der Waals surface area contributed by atoms with Gasteiger partial charge in [-0.3, -0.25) is 4.90 Å². The Morgan fingerprint density at radius 1 is 1.19 bits per heavy atom. The van der Waals surface area contributed by atoms with E-state index in [9.17, 15) is 4.39 Å². The quantitative estimate of drug-likeness (QED) is 0.918. The molecular weight excluding hydrogens is 265 g/mol. The number of hydrogen-bond donors (Lipinski definition) is 1. The molecule has 1 N–H and O–H groups in total. The van der Waals surface area contributed by atoms with Gasteiger partial charge >= 0.3 is 0 Å². The molecule has 2 aliphatic rings. The smallest absolute Gasteiger partial charge is 0.123 e. The van der Waals surface area contributed by atoms with Gasteiger partial charge in [0.1, 0.15) is 5.82 Å². The van der Waals surface area contributed by atoms with Crippen LogP contribution in [0.25, 0.3) is 0 Å². The van der Waals surface area contributed by atoms with Crippen LogP contribution in [0.2, 0.25) is 0 Å². The van der Waals surface area contributed by atoms with Crippen LogP contribution in [0.15, 0.2) is 24.3 Å². The van der Waals surface area contributed by atoms with Crippen LogP contribution < -0.4 is 5.32 Å². The summed E-state index contributed by atoms with van der Waals surface area (Å²) in [6.45, 7) is 8.90. The predicted octanol–water partition coefficient (Wildman–Crippen LogP) is 2.26. The van der Waals surface area contributed by atoms with Crippen LogP contribution in [0.5, 0.6) is 0 Å². The van der Waals surface area contributed by atoms with E-state index in [0.29, 0.717) is 12.1 Å². The zero-order chi connectivity index (χ0) is 14.7. The molecule has 4 heteroatoms. The molecule has 116 valence electrons. The summed E-state index contributed by atoms with van der Waals surface area (Å²) in [7, 11) is 0. The van der Waals surface area contributed by atoms with Crippen molar-refractivity contribution in [1.82, 2.24) is 15.1 Å². The van der Waals surface area contributed by atoms with E-state index in [4.69, 9.17) is 0 Å². The molecule has 2 fully saturated rings. The van der Waals surface area contributed by atoms with Gasteiger partial charge in [-0.2, -0.15) is 0 Å². The number of piperazine rings is 1. The second kappa shape index (κ2) is 6.86. The van der Waals surface area contributed by atoms with E-state index in [2.05, 4.69) is 22.0 Å². The number of halogens is 1. The lowest BCUT2D eigenvalue weighted by Gasteiger charge is -2.39. The number of rotatable bonds is 4. The molecule has 1 aromatic rings. The molecule has 0 amide bonds. The van der Waals surface area contributed by atoms with Crippen LogP contribution in [-0.2, 0) is 0 Å². The van der Waals surface area contributed by atoms with Crippen LogP contribution in [0.3, 0.4) is 0 Å². The van der Waals surface area contributed by atoms with E-state index in [1.165, 1.54) is 31.5 Å². The van der Waals surface area contributed by atoms with Crippen molar-refractivity contribution in [3.05, 3.63) is 35.6 Å². The van der Waals surface area contributed by atoms with E-state index < -0.39 is 0 Å². The Labute approximate surface area is 127 Å². The average molecular weight is 291 g/mol. The Balaban J connectivity index is 1.77. The third kappa shape index (κ3) is 3.82. The fourth-order valence-electron chi connectivity index (χ4n) is 3.57. The normalized spacial score (nSPS) is 26.1. The highest BCUT2D eigenvalue weighted by molar-refractivity contribution is 5.21. The van der Waals surface area contributed by atoms with Crippen molar-refractivity contribution in [3.63, 3.8) is 0 Å². The maximum Gasteiger partial charge on any atom is 0.123 e. The van der Waals surface area contributed by atoms with Crippen LogP contribution in [0.4, 0.5) is 4.39 Å². The van der Waals surface area contributed by atoms with Gasteiger partial charge in [-0.05, 0) is 50.6 Å². The zero-order valence-corrected chi connectivity index (χ0v) is 12.9. The van der Waals surface area contributed by atoms with Crippen molar-refractivity contribution < 1.29 is 4.39 Å². The summed E-state index contributed by atoms with van der Waals surface area (Å²) >= 11 is 0. The number of benzene rings is 1. The first-order chi connectivity index (χ1) is 10.2. The van der Waals surface area contributed by atoms with Crippen LogP contribution in [-0.4, -0.2) is 55.1 Å². The molecule has 2 heterocycles. The number of likely N-dealkylation sites (tertiary alicyclic amines) is 1. The molecule has 0 spiro atoms. The summed E-state index contributed by atoms with van der Waals surface area (Å²) in [4.78, 5) is 5.12. The lowest BCUT2D eigenvalue weighted by Crippen LogP contribution is -2.52. The van der Waals surface area contributed by atoms with Crippen molar-refractivity contribution in [2.75, 3.05) is 39.3 Å². The lowest BCUT2D eigenvalue weighted by molar-refractivity contribution is 0.117. The summed E-state index contributed by atoms with van der Waals surface area (Å²) in [5.74, 6) is -0.146. The minimum absolute atomic E-state index is 0.146. The average Bonchev–Trinajstić information content (AvgIpc) is 2.99. The Bertz CT molecular complexity index is 442. The Morgan fingerprint density at radius 2 is 1.90 bits per heavy atom. The Kier molecular flexibility index (Phi) is 4.88. The van der Waals surface area contributed by atoms with E-state index in [1.807, 2.05) is 12.1 Å². The summed E-state index contributed by atoms with van der Waals surface area (Å²) in [6.07, 6.45) is 2.63. The minimum Gasteiger partial charge on any atom is -0.312 e. The molecule has 0 aliphatic carbocycles. The molecule has 0 radical (unpaired) electrons. The molecule has 21 heavy (non-hydrogen) atoms. The molecule has 0 aromatic heterocycles. The van der Waals surface area contributed by atoms with E-state index >= 15 is 0 Å². The van der Waals surface area contributed by atoms with Crippen LogP contribution >= 0.6 is 0 Å². The van der Waals surface area contributed by atoms with Crippen molar-refractivity contribution in [2.45, 2.75) is 31.8 Å². The molecule has 2 saturated heterocycles. The highest BCUT2D eigenvalue weighted by Gasteiger charge is 2.27. The number of nitrogens with zero attached hydrogens (tertiary/aromatic N) is 2. The van der Waals surface area contributed by atoms with Crippen molar-refractivity contribution in [3.8, 4) is 0 Å². The van der Waals surface area contributed by atoms with Gasteiger partial charge in [0.2, 0.25) is 0 Å². The summed E-state index contributed by atoms with van der Waals surface area (Å²) in [5.41, 5.74) is 1.25. The monoisotopic (exact) mass is 291 g/mol. The number of nitrogens with one attached hydrogen (secondary N) is 1. The third-order valence-electron chi connectivity index (χ3n) is 4.73. The van der Waals surface area contributed by atoms with E-state index in [-0.39, 0.29) is 5.82 Å². The molecule has 0 saturated carbocycles. The Morgan fingerprint density at radius 3 is 2.57 bits per heavy atom. The highest BCUT2D eigenvalue weighted by atomic mass is 19.1. The van der Waals surface area contributed by atoms with Gasteiger partial charge in [0.25, 0.3) is 0 Å². The molecule has 3 nitrogen and oxygen atoms in total. The third-order valence-corrected chi connectivity index (χ3v) is 4.73. The van der Waals surface area contributed by atoms with E-state index in [1.54, 1.807) is 12.1 Å². The predicted molar refractivity (Wildman–Crippen MR) is 83.9 cm³/mol. The molecule has 2 aliphatic heterocycles. The topological polar surface area (TPSA) is 18.5 Å². The van der Waals surface area contributed by atoms with Gasteiger partial charge in [0.05, 0.1) is 0 Å². The van der Waals surface area contributed by atoms with Gasteiger partial charge in [-0.25, -0.2) is 4.39 Å². The van der Waals surface area contributed by atoms with E-state index in [0.717, 1.165) is 26.2 Å². The molecule has 2 atom stereocenters. The largest absolute Gasteiger partial charge is 0.312 e. The summed E-state index contributed by atoms with van der Waals surface area (Å²) in [6, 6.07) is 8.02. The molecule has 1 aromatic carbocycles. The molecule has 0 bridgehead atoms. The van der Waals surface area contributed by atoms with Gasteiger partial charge in [0.15, 0.2) is 0 Å². The van der Waals surface area contributed by atoms with Gasteiger partial charge in [-0.1, -0.05) is 12.1 Å². The second-order valence-corrected chi connectivity index (χ2v) is 6.43. The molecular formula is C17H26FN3. The standard InChI is InChI=1S/C17H26FN3/c1-14-12-21(11-8-19-14)17(13-20-9-2-3-10-20)15-4-6-16(18)7-5-15/h4-7,14,17,19H,2-3,8-13H2,1H3. The van der Waals surface area contributed by atoms with Crippen LogP contribution in [0.1, 0.15) is 31.4 Å². The number of hydrogen-bond acceptors (Lipinski definition) is 3. The lowest BCUT2D eigenvalue weighted by atomic mass is 10.0.